The topological polar surface area (TPSA) is 23.1 Å². The zero-order chi connectivity index (χ0) is 19.2. The molecule has 0 saturated heterocycles. The molecule has 136 valence electrons. The van der Waals surface area contributed by atoms with E-state index in [4.69, 9.17) is 0 Å². The molecule has 4 rings (SSSR count). The third-order valence-electron chi connectivity index (χ3n) is 4.85. The van der Waals surface area contributed by atoms with Gasteiger partial charge < -0.3 is 5.11 Å². The van der Waals surface area contributed by atoms with Gasteiger partial charge in [0.1, 0.15) is 23.2 Å². The first-order chi connectivity index (χ1) is 13.8. The van der Waals surface area contributed by atoms with E-state index in [-0.39, 0.29) is 5.76 Å². The predicted molar refractivity (Wildman–Crippen MR) is 120 cm³/mol. The minimum Gasteiger partial charge on any atom is -0.872 e. The Hall–Kier alpha value is -3.15. The lowest BCUT2D eigenvalue weighted by Crippen LogP contribution is -2.30. The van der Waals surface area contributed by atoms with Crippen molar-refractivity contribution in [2.75, 3.05) is 0 Å². The van der Waals surface area contributed by atoms with E-state index in [1.54, 1.807) is 12.2 Å². The molecule has 0 aromatic heterocycles. The van der Waals surface area contributed by atoms with Crippen molar-refractivity contribution < 1.29 is 5.11 Å². The Morgan fingerprint density at radius 2 is 1.04 bits per heavy atom. The summed E-state index contributed by atoms with van der Waals surface area (Å²) in [6.07, 6.45) is 9.19. The summed E-state index contributed by atoms with van der Waals surface area (Å²) in [6, 6.07) is 31.6. The summed E-state index contributed by atoms with van der Waals surface area (Å²) in [5.41, 5.74) is 0.731. The van der Waals surface area contributed by atoms with Crippen LogP contribution in [0.5, 0.6) is 0 Å². The molecule has 0 bridgehead atoms. The molecule has 0 spiro atoms. The van der Waals surface area contributed by atoms with Gasteiger partial charge in [0.05, 0.1) is 5.82 Å². The molecule has 2 heteroatoms. The summed E-state index contributed by atoms with van der Waals surface area (Å²) < 4.78 is 0. The van der Waals surface area contributed by atoms with Crippen LogP contribution < -0.4 is 21.0 Å². The first-order valence-electron chi connectivity index (χ1n) is 9.31. The normalized spacial score (nSPS) is 15.3. The molecule has 1 aliphatic rings. The van der Waals surface area contributed by atoms with Crippen LogP contribution in [0.3, 0.4) is 0 Å². The minimum absolute atomic E-state index is 0.0390. The van der Waals surface area contributed by atoms with Crippen LogP contribution in [0.15, 0.2) is 139 Å². The van der Waals surface area contributed by atoms with Crippen LogP contribution in [0.25, 0.3) is 0 Å². The van der Waals surface area contributed by atoms with E-state index in [2.05, 4.69) is 78.6 Å². The smallest absolute Gasteiger partial charge is 0.137 e. The van der Waals surface area contributed by atoms with E-state index >= 15 is 0 Å². The first kappa shape index (κ1) is 18.2. The Kier molecular flexibility index (Phi) is 5.37. The summed E-state index contributed by atoms with van der Waals surface area (Å²) in [5.74, 6) is 2.26. The van der Waals surface area contributed by atoms with Gasteiger partial charge in [-0.1, -0.05) is 90.7 Å². The maximum atomic E-state index is 12.8. The SMILES string of the molecule is [O-]C1=CC=CC=C/C1=C/[P+](c1ccccc1)(c1ccccc1)c1ccccc1. The molecule has 0 unspecified atom stereocenters. The van der Waals surface area contributed by atoms with Gasteiger partial charge in [0.15, 0.2) is 0 Å². The van der Waals surface area contributed by atoms with Gasteiger partial charge >= 0.3 is 0 Å². The van der Waals surface area contributed by atoms with Crippen molar-refractivity contribution in [3.05, 3.63) is 139 Å². The number of hydrogen-bond acceptors (Lipinski definition) is 1. The Morgan fingerprint density at radius 3 is 1.50 bits per heavy atom. The number of hydrogen-bond donors (Lipinski definition) is 0. The first-order valence-corrected chi connectivity index (χ1v) is 11.2. The quantitative estimate of drug-likeness (QED) is 0.621. The standard InChI is InChI=1S/C26H21OP/c27-26-20-12-1-5-13-22(26)21-28(23-14-6-2-7-15-23,24-16-8-3-9-17-24)25-18-10-4-11-19-25/h1-21H/b22-21-. The zero-order valence-corrected chi connectivity index (χ0v) is 16.4. The van der Waals surface area contributed by atoms with Crippen LogP contribution >= 0.6 is 7.26 Å². The molecule has 0 atom stereocenters. The van der Waals surface area contributed by atoms with Gasteiger partial charge in [-0.25, -0.2) is 0 Å². The van der Waals surface area contributed by atoms with E-state index in [0.717, 1.165) is 5.57 Å². The molecule has 0 aliphatic heterocycles. The summed E-state index contributed by atoms with van der Waals surface area (Å²) in [7, 11) is -2.16. The predicted octanol–water partition coefficient (Wildman–Crippen LogP) is 4.23. The van der Waals surface area contributed by atoms with Gasteiger partial charge in [-0.2, -0.15) is 0 Å². The maximum Gasteiger partial charge on any atom is 0.137 e. The summed E-state index contributed by atoms with van der Waals surface area (Å²) in [5, 5.41) is 16.5. The van der Waals surface area contributed by atoms with E-state index < -0.39 is 7.26 Å². The molecule has 3 aromatic rings. The van der Waals surface area contributed by atoms with Crippen LogP contribution in [0, 0.1) is 0 Å². The van der Waals surface area contributed by atoms with Crippen molar-refractivity contribution in [2.45, 2.75) is 0 Å². The highest BCUT2D eigenvalue weighted by atomic mass is 31.2. The van der Waals surface area contributed by atoms with Crippen LogP contribution in [0.1, 0.15) is 0 Å². The molecule has 3 aromatic carbocycles. The van der Waals surface area contributed by atoms with Gasteiger partial charge in [0.2, 0.25) is 0 Å². The van der Waals surface area contributed by atoms with Crippen molar-refractivity contribution in [3.8, 4) is 0 Å². The second kappa shape index (κ2) is 8.25. The summed E-state index contributed by atoms with van der Waals surface area (Å²) >= 11 is 0. The lowest BCUT2D eigenvalue weighted by atomic mass is 10.2. The fourth-order valence-electron chi connectivity index (χ4n) is 3.52. The van der Waals surface area contributed by atoms with Crippen LogP contribution in [0.4, 0.5) is 0 Å². The third-order valence-corrected chi connectivity index (χ3v) is 8.86. The molecule has 0 radical (unpaired) electrons. The molecule has 0 N–H and O–H groups in total. The number of allylic oxidation sites excluding steroid dienone is 5. The fraction of sp³-hybridized carbons (Fsp3) is 0. The molecule has 0 fully saturated rings. The van der Waals surface area contributed by atoms with Gasteiger partial charge in [-0.3, -0.25) is 0 Å². The minimum atomic E-state index is -2.16. The monoisotopic (exact) mass is 380 g/mol. The lowest BCUT2D eigenvalue weighted by molar-refractivity contribution is -0.296. The van der Waals surface area contributed by atoms with E-state index in [1.807, 2.05) is 36.4 Å². The molecular formula is C26H21OP. The molecule has 0 heterocycles. The maximum absolute atomic E-state index is 12.8. The molecule has 0 amide bonds. The van der Waals surface area contributed by atoms with Crippen LogP contribution in [-0.4, -0.2) is 0 Å². The van der Waals surface area contributed by atoms with Gasteiger partial charge in [0, 0.05) is 5.57 Å². The van der Waals surface area contributed by atoms with Crippen molar-refractivity contribution >= 4 is 23.2 Å². The molecule has 28 heavy (non-hydrogen) atoms. The number of benzene rings is 3. The van der Waals surface area contributed by atoms with Crippen molar-refractivity contribution in [2.24, 2.45) is 0 Å². The second-order valence-electron chi connectivity index (χ2n) is 6.59. The molecule has 1 aliphatic carbocycles. The van der Waals surface area contributed by atoms with Crippen molar-refractivity contribution in [1.82, 2.24) is 0 Å². The lowest BCUT2D eigenvalue weighted by Gasteiger charge is -2.26. The highest BCUT2D eigenvalue weighted by molar-refractivity contribution is 7.98. The Balaban J connectivity index is 2.08. The van der Waals surface area contributed by atoms with E-state index in [1.165, 1.54) is 15.9 Å². The van der Waals surface area contributed by atoms with Gasteiger partial charge in [-0.05, 0) is 36.4 Å². The fourth-order valence-corrected chi connectivity index (χ4v) is 7.42. The Labute approximate surface area is 167 Å². The molecular weight excluding hydrogens is 359 g/mol. The van der Waals surface area contributed by atoms with Gasteiger partial charge in [0.25, 0.3) is 0 Å². The average Bonchev–Trinajstić information content (AvgIpc) is 2.98. The molecule has 1 nitrogen and oxygen atoms in total. The van der Waals surface area contributed by atoms with E-state index in [9.17, 15) is 5.11 Å². The van der Waals surface area contributed by atoms with Crippen molar-refractivity contribution in [3.63, 3.8) is 0 Å². The van der Waals surface area contributed by atoms with Crippen LogP contribution in [0.2, 0.25) is 0 Å². The zero-order valence-electron chi connectivity index (χ0n) is 15.5. The van der Waals surface area contributed by atoms with Crippen LogP contribution in [-0.2, 0) is 0 Å². The number of rotatable bonds is 4. The molecule has 0 saturated carbocycles. The van der Waals surface area contributed by atoms with Gasteiger partial charge in [-0.15, -0.1) is 0 Å². The Morgan fingerprint density at radius 1 is 0.571 bits per heavy atom. The summed E-state index contributed by atoms with van der Waals surface area (Å²) in [6.45, 7) is 0. The largest absolute Gasteiger partial charge is 0.872 e. The third kappa shape index (κ3) is 3.50. The average molecular weight is 380 g/mol. The Bertz CT molecular complexity index is 949. The highest BCUT2D eigenvalue weighted by Gasteiger charge is 2.43. The highest BCUT2D eigenvalue weighted by Crippen LogP contribution is 2.58. The summed E-state index contributed by atoms with van der Waals surface area (Å²) in [4.78, 5) is 0. The second-order valence-corrected chi connectivity index (χ2v) is 9.84. The van der Waals surface area contributed by atoms with E-state index in [0.29, 0.717) is 0 Å². The van der Waals surface area contributed by atoms with Crippen molar-refractivity contribution in [1.29, 1.82) is 0 Å².